The maximum absolute atomic E-state index is 6.08. The number of hydrogen-bond acceptors (Lipinski definition) is 3. The summed E-state index contributed by atoms with van der Waals surface area (Å²) in [5.74, 6) is 0.718. The van der Waals surface area contributed by atoms with Gasteiger partial charge in [-0.15, -0.1) is 22.9 Å². The van der Waals surface area contributed by atoms with Gasteiger partial charge in [-0.1, -0.05) is 0 Å². The third kappa shape index (κ3) is 2.27. The fraction of sp³-hybridized carbons (Fsp3) is 0.700. The Morgan fingerprint density at radius 3 is 2.86 bits per heavy atom. The highest BCUT2D eigenvalue weighted by atomic mass is 35.5. The molecule has 0 spiro atoms. The first kappa shape index (κ1) is 10.4. The average molecular weight is 232 g/mol. The van der Waals surface area contributed by atoms with Gasteiger partial charge in [-0.2, -0.15) is 0 Å². The number of rotatable bonds is 3. The largest absolute Gasteiger partial charge is 0.381 e. The predicted octanol–water partition coefficient (Wildman–Crippen LogP) is 2.72. The lowest BCUT2D eigenvalue weighted by Gasteiger charge is -2.34. The molecule has 78 valence electrons. The smallest absolute Gasteiger partial charge is 0.0930 e. The van der Waals surface area contributed by atoms with Crippen molar-refractivity contribution >= 4 is 22.9 Å². The van der Waals surface area contributed by atoms with E-state index in [9.17, 15) is 0 Å². The van der Waals surface area contributed by atoms with Gasteiger partial charge in [0.1, 0.15) is 0 Å². The van der Waals surface area contributed by atoms with Gasteiger partial charge in [0.05, 0.1) is 5.01 Å². The molecule has 0 atom stereocenters. The van der Waals surface area contributed by atoms with Gasteiger partial charge in [0.2, 0.25) is 0 Å². The molecule has 0 bridgehead atoms. The predicted molar refractivity (Wildman–Crippen MR) is 59.0 cm³/mol. The van der Waals surface area contributed by atoms with Gasteiger partial charge in [-0.3, -0.25) is 0 Å². The quantitative estimate of drug-likeness (QED) is 0.747. The molecule has 0 aliphatic carbocycles. The fourth-order valence-electron chi connectivity index (χ4n) is 1.82. The molecule has 1 aliphatic heterocycles. The zero-order valence-corrected chi connectivity index (χ0v) is 9.61. The molecule has 2 heterocycles. The van der Waals surface area contributed by atoms with Crippen molar-refractivity contribution in [3.8, 4) is 0 Å². The van der Waals surface area contributed by atoms with Crippen molar-refractivity contribution in [3.05, 3.63) is 16.6 Å². The van der Waals surface area contributed by atoms with E-state index in [1.165, 1.54) is 5.01 Å². The third-order valence-corrected chi connectivity index (χ3v) is 4.19. The van der Waals surface area contributed by atoms with Crippen molar-refractivity contribution in [2.75, 3.05) is 19.1 Å². The van der Waals surface area contributed by atoms with Gasteiger partial charge in [0, 0.05) is 37.1 Å². The minimum Gasteiger partial charge on any atom is -0.381 e. The Balaban J connectivity index is 2.04. The maximum Gasteiger partial charge on any atom is 0.0930 e. The highest BCUT2D eigenvalue weighted by Crippen LogP contribution is 2.35. The van der Waals surface area contributed by atoms with Crippen LogP contribution >= 0.6 is 22.9 Å². The van der Waals surface area contributed by atoms with Crippen LogP contribution in [0.1, 0.15) is 17.8 Å². The molecular formula is C10H14ClNOS. The SMILES string of the molecule is ClCC1(Cc2nccs2)CCOCC1. The highest BCUT2D eigenvalue weighted by Gasteiger charge is 2.32. The molecule has 1 saturated heterocycles. The first-order valence-electron chi connectivity index (χ1n) is 4.87. The number of aromatic nitrogens is 1. The minimum absolute atomic E-state index is 0.234. The van der Waals surface area contributed by atoms with Crippen LogP contribution in [0.4, 0.5) is 0 Å². The second-order valence-corrected chi connectivity index (χ2v) is 5.10. The van der Waals surface area contributed by atoms with Crippen molar-refractivity contribution in [1.82, 2.24) is 4.98 Å². The van der Waals surface area contributed by atoms with Crippen molar-refractivity contribution in [2.24, 2.45) is 5.41 Å². The molecule has 1 aliphatic rings. The molecule has 0 aromatic carbocycles. The second-order valence-electron chi connectivity index (χ2n) is 3.85. The zero-order valence-electron chi connectivity index (χ0n) is 8.04. The van der Waals surface area contributed by atoms with E-state index in [1.807, 2.05) is 11.6 Å². The summed E-state index contributed by atoms with van der Waals surface area (Å²) in [5.41, 5.74) is 0.234. The van der Waals surface area contributed by atoms with E-state index in [1.54, 1.807) is 11.3 Å². The van der Waals surface area contributed by atoms with Crippen LogP contribution in [0.5, 0.6) is 0 Å². The summed E-state index contributed by atoms with van der Waals surface area (Å²) in [6.45, 7) is 1.69. The van der Waals surface area contributed by atoms with E-state index in [4.69, 9.17) is 16.3 Å². The van der Waals surface area contributed by atoms with Crippen LogP contribution in [0.3, 0.4) is 0 Å². The standard InChI is InChI=1S/C10H14ClNOS/c11-8-10(1-4-13-5-2-10)7-9-12-3-6-14-9/h3,6H,1-2,4-5,7-8H2. The molecule has 0 radical (unpaired) electrons. The van der Waals surface area contributed by atoms with E-state index >= 15 is 0 Å². The Morgan fingerprint density at radius 2 is 2.29 bits per heavy atom. The van der Waals surface area contributed by atoms with E-state index in [2.05, 4.69) is 4.98 Å². The van der Waals surface area contributed by atoms with Gasteiger partial charge in [0.25, 0.3) is 0 Å². The monoisotopic (exact) mass is 231 g/mol. The van der Waals surface area contributed by atoms with Crippen LogP contribution in [-0.2, 0) is 11.2 Å². The number of ether oxygens (including phenoxy) is 1. The molecule has 2 rings (SSSR count). The van der Waals surface area contributed by atoms with E-state index < -0.39 is 0 Å². The van der Waals surface area contributed by atoms with Crippen molar-refractivity contribution in [3.63, 3.8) is 0 Å². The topological polar surface area (TPSA) is 22.1 Å². The average Bonchev–Trinajstić information content (AvgIpc) is 2.72. The van der Waals surface area contributed by atoms with Crippen LogP contribution < -0.4 is 0 Å². The molecule has 1 aromatic rings. The molecule has 2 nitrogen and oxygen atoms in total. The second kappa shape index (κ2) is 4.60. The summed E-state index contributed by atoms with van der Waals surface area (Å²) < 4.78 is 5.37. The molecular weight excluding hydrogens is 218 g/mol. The molecule has 0 saturated carbocycles. The van der Waals surface area contributed by atoms with Gasteiger partial charge in [0.15, 0.2) is 0 Å². The van der Waals surface area contributed by atoms with Gasteiger partial charge in [-0.05, 0) is 18.3 Å². The van der Waals surface area contributed by atoms with Crippen LogP contribution in [0.25, 0.3) is 0 Å². The number of hydrogen-bond donors (Lipinski definition) is 0. The Hall–Kier alpha value is -0.120. The van der Waals surface area contributed by atoms with Crippen LogP contribution in [0, 0.1) is 5.41 Å². The molecule has 4 heteroatoms. The summed E-state index contributed by atoms with van der Waals surface area (Å²) in [7, 11) is 0. The first-order valence-corrected chi connectivity index (χ1v) is 6.28. The lowest BCUT2D eigenvalue weighted by atomic mass is 9.79. The number of halogens is 1. The van der Waals surface area contributed by atoms with Crippen LogP contribution in [0.2, 0.25) is 0 Å². The Kier molecular flexibility index (Phi) is 3.42. The summed E-state index contributed by atoms with van der Waals surface area (Å²) in [4.78, 5) is 4.32. The molecule has 1 aromatic heterocycles. The van der Waals surface area contributed by atoms with Crippen LogP contribution in [0.15, 0.2) is 11.6 Å². The molecule has 0 N–H and O–H groups in total. The molecule has 0 unspecified atom stereocenters. The van der Waals surface area contributed by atoms with E-state index in [-0.39, 0.29) is 5.41 Å². The summed E-state index contributed by atoms with van der Waals surface area (Å²) in [6, 6.07) is 0. The van der Waals surface area contributed by atoms with Crippen molar-refractivity contribution < 1.29 is 4.74 Å². The van der Waals surface area contributed by atoms with Crippen molar-refractivity contribution in [2.45, 2.75) is 19.3 Å². The van der Waals surface area contributed by atoms with Crippen molar-refractivity contribution in [1.29, 1.82) is 0 Å². The first-order chi connectivity index (χ1) is 6.85. The minimum atomic E-state index is 0.234. The Bertz CT molecular complexity index is 270. The number of nitrogens with zero attached hydrogens (tertiary/aromatic N) is 1. The number of alkyl halides is 1. The van der Waals surface area contributed by atoms with Crippen LogP contribution in [-0.4, -0.2) is 24.1 Å². The molecule has 14 heavy (non-hydrogen) atoms. The maximum atomic E-state index is 6.08. The Labute approximate surface area is 93.3 Å². The summed E-state index contributed by atoms with van der Waals surface area (Å²) >= 11 is 7.80. The molecule has 0 amide bonds. The highest BCUT2D eigenvalue weighted by molar-refractivity contribution is 7.09. The molecule has 1 fully saturated rings. The lowest BCUT2D eigenvalue weighted by Crippen LogP contribution is -2.33. The van der Waals surface area contributed by atoms with E-state index in [0.29, 0.717) is 0 Å². The van der Waals surface area contributed by atoms with E-state index in [0.717, 1.165) is 38.4 Å². The fourth-order valence-corrected chi connectivity index (χ4v) is 2.97. The summed E-state index contributed by atoms with van der Waals surface area (Å²) in [6.07, 6.45) is 5.00. The Morgan fingerprint density at radius 1 is 1.50 bits per heavy atom. The lowest BCUT2D eigenvalue weighted by molar-refractivity contribution is 0.0257. The zero-order chi connectivity index (χ0) is 9.86. The summed E-state index contributed by atoms with van der Waals surface area (Å²) in [5, 5.41) is 3.23. The van der Waals surface area contributed by atoms with Gasteiger partial charge >= 0.3 is 0 Å². The van der Waals surface area contributed by atoms with Gasteiger partial charge in [-0.25, -0.2) is 4.98 Å². The normalized spacial score (nSPS) is 20.9. The number of thiazole rings is 1. The van der Waals surface area contributed by atoms with Gasteiger partial charge < -0.3 is 4.74 Å². The third-order valence-electron chi connectivity index (χ3n) is 2.85.